The maximum Gasteiger partial charge on any atom is 0.191 e. The van der Waals surface area contributed by atoms with Crippen LogP contribution in [-0.2, 0) is 13.0 Å². The lowest BCUT2D eigenvalue weighted by Crippen LogP contribution is -2.37. The van der Waals surface area contributed by atoms with Gasteiger partial charge in [0, 0.05) is 26.3 Å². The average Bonchev–Trinajstić information content (AvgIpc) is 2.59. The van der Waals surface area contributed by atoms with Crippen molar-refractivity contribution in [1.82, 2.24) is 15.6 Å². The molecule has 130 valence electrons. The molecule has 2 N–H and O–H groups in total. The van der Waals surface area contributed by atoms with Crippen LogP contribution in [0.15, 0.2) is 47.6 Å². The smallest absolute Gasteiger partial charge is 0.191 e. The summed E-state index contributed by atoms with van der Waals surface area (Å²) in [5, 5.41) is 7.07. The zero-order valence-corrected chi connectivity index (χ0v) is 16.8. The zero-order chi connectivity index (χ0) is 16.5. The van der Waals surface area contributed by atoms with Gasteiger partial charge in [-0.3, -0.25) is 4.99 Å². The van der Waals surface area contributed by atoms with Gasteiger partial charge in [-0.2, -0.15) is 0 Å². The van der Waals surface area contributed by atoms with Crippen molar-refractivity contribution in [3.63, 3.8) is 0 Å². The van der Waals surface area contributed by atoms with E-state index < -0.39 is 0 Å². The molecule has 0 unspecified atom stereocenters. The number of aliphatic imine (C=N–C) groups is 1. The Morgan fingerprint density at radius 2 is 2.04 bits per heavy atom. The minimum absolute atomic E-state index is 0. The van der Waals surface area contributed by atoms with Crippen LogP contribution in [0.3, 0.4) is 0 Å². The number of methoxy groups -OCH3 is 1. The van der Waals surface area contributed by atoms with E-state index in [1.807, 2.05) is 30.3 Å². The summed E-state index contributed by atoms with van der Waals surface area (Å²) >= 11 is 5.77. The summed E-state index contributed by atoms with van der Waals surface area (Å²) < 4.78 is 5.22. The summed E-state index contributed by atoms with van der Waals surface area (Å²) in [6, 6.07) is 11.7. The molecule has 0 spiro atoms. The number of benzene rings is 1. The van der Waals surface area contributed by atoms with Crippen LogP contribution < -0.4 is 15.4 Å². The standard InChI is InChI=1S/C17H21ClN4O.HI/c1-19-17(20-9-8-13-6-7-16(18)21-11-13)22-12-14-4-3-5-15(10-14)23-2;/h3-7,10-11H,8-9,12H2,1-2H3,(H2,19,20,22);1H. The molecule has 0 saturated heterocycles. The molecule has 0 radical (unpaired) electrons. The lowest BCUT2D eigenvalue weighted by molar-refractivity contribution is 0.414. The Hall–Kier alpha value is -1.54. The SMILES string of the molecule is CN=C(NCCc1ccc(Cl)nc1)NCc1cccc(OC)c1.I. The van der Waals surface area contributed by atoms with Gasteiger partial charge in [0.05, 0.1) is 7.11 Å². The Bertz CT molecular complexity index is 649. The number of nitrogens with zero attached hydrogens (tertiary/aromatic N) is 2. The van der Waals surface area contributed by atoms with Gasteiger partial charge in [0.2, 0.25) is 0 Å². The van der Waals surface area contributed by atoms with Gasteiger partial charge < -0.3 is 15.4 Å². The molecule has 0 aliphatic rings. The number of nitrogens with one attached hydrogen (secondary N) is 2. The van der Waals surface area contributed by atoms with Gasteiger partial charge in [-0.05, 0) is 35.7 Å². The largest absolute Gasteiger partial charge is 0.497 e. The molecule has 5 nitrogen and oxygen atoms in total. The topological polar surface area (TPSA) is 58.5 Å². The molecule has 1 aromatic carbocycles. The van der Waals surface area contributed by atoms with E-state index in [9.17, 15) is 0 Å². The highest BCUT2D eigenvalue weighted by molar-refractivity contribution is 14.0. The second-order valence-corrected chi connectivity index (χ2v) is 5.33. The van der Waals surface area contributed by atoms with Crippen molar-refractivity contribution in [1.29, 1.82) is 0 Å². The maximum absolute atomic E-state index is 5.77. The molecule has 2 aromatic rings. The van der Waals surface area contributed by atoms with Gasteiger partial charge in [0.15, 0.2) is 5.96 Å². The summed E-state index contributed by atoms with van der Waals surface area (Å²) in [6.45, 7) is 1.44. The monoisotopic (exact) mass is 460 g/mol. The first-order chi connectivity index (χ1) is 11.2. The second-order valence-electron chi connectivity index (χ2n) is 4.94. The fourth-order valence-corrected chi connectivity index (χ4v) is 2.18. The average molecular weight is 461 g/mol. The van der Waals surface area contributed by atoms with E-state index in [-0.39, 0.29) is 24.0 Å². The van der Waals surface area contributed by atoms with Crippen molar-refractivity contribution in [2.75, 3.05) is 20.7 Å². The van der Waals surface area contributed by atoms with Crippen LogP contribution >= 0.6 is 35.6 Å². The van der Waals surface area contributed by atoms with Crippen LogP contribution in [0, 0.1) is 0 Å². The molecule has 0 saturated carbocycles. The van der Waals surface area contributed by atoms with Gasteiger partial charge >= 0.3 is 0 Å². The van der Waals surface area contributed by atoms with E-state index in [0.717, 1.165) is 35.8 Å². The predicted octanol–water partition coefficient (Wildman–Crippen LogP) is 3.27. The molecule has 1 heterocycles. The zero-order valence-electron chi connectivity index (χ0n) is 13.8. The third-order valence-corrected chi connectivity index (χ3v) is 3.54. The van der Waals surface area contributed by atoms with Gasteiger partial charge in [-0.15, -0.1) is 24.0 Å². The fraction of sp³-hybridized carbons (Fsp3) is 0.294. The first kappa shape index (κ1) is 20.5. The van der Waals surface area contributed by atoms with E-state index in [1.165, 1.54) is 0 Å². The normalized spacial score (nSPS) is 10.7. The van der Waals surface area contributed by atoms with Gasteiger partial charge in [0.1, 0.15) is 10.9 Å². The molecule has 2 rings (SSSR count). The van der Waals surface area contributed by atoms with E-state index in [2.05, 4.69) is 20.6 Å². The molecule has 0 amide bonds. The molecule has 7 heteroatoms. The molecular formula is C17H22ClIN4O. The lowest BCUT2D eigenvalue weighted by atomic mass is 10.2. The highest BCUT2D eigenvalue weighted by Gasteiger charge is 2.00. The summed E-state index contributed by atoms with van der Waals surface area (Å²) in [7, 11) is 3.42. The molecule has 0 bridgehead atoms. The minimum atomic E-state index is 0. The van der Waals surface area contributed by atoms with Crippen LogP contribution in [0.5, 0.6) is 5.75 Å². The lowest BCUT2D eigenvalue weighted by Gasteiger charge is -2.12. The van der Waals surface area contributed by atoms with Gasteiger partial charge in [0.25, 0.3) is 0 Å². The van der Waals surface area contributed by atoms with E-state index >= 15 is 0 Å². The Balaban J connectivity index is 0.00000288. The molecule has 24 heavy (non-hydrogen) atoms. The van der Waals surface area contributed by atoms with Crippen LogP contribution in [0.2, 0.25) is 5.15 Å². The fourth-order valence-electron chi connectivity index (χ4n) is 2.07. The first-order valence-electron chi connectivity index (χ1n) is 7.39. The number of aromatic nitrogens is 1. The van der Waals surface area contributed by atoms with E-state index in [1.54, 1.807) is 26.4 Å². The summed E-state index contributed by atoms with van der Waals surface area (Å²) in [5.74, 6) is 1.61. The summed E-state index contributed by atoms with van der Waals surface area (Å²) in [4.78, 5) is 8.29. The Kier molecular flexibility index (Phi) is 9.48. The number of pyridine rings is 1. The second kappa shape index (κ2) is 11.1. The number of hydrogen-bond acceptors (Lipinski definition) is 3. The molecule has 0 aliphatic heterocycles. The van der Waals surface area contributed by atoms with Crippen molar-refractivity contribution in [2.24, 2.45) is 4.99 Å². The minimum Gasteiger partial charge on any atom is -0.497 e. The number of rotatable bonds is 6. The summed E-state index contributed by atoms with van der Waals surface area (Å²) in [5.41, 5.74) is 2.26. The maximum atomic E-state index is 5.77. The first-order valence-corrected chi connectivity index (χ1v) is 7.77. The van der Waals surface area contributed by atoms with Crippen LogP contribution in [-0.4, -0.2) is 31.6 Å². The number of ether oxygens (including phenoxy) is 1. The molecular weight excluding hydrogens is 439 g/mol. The van der Waals surface area contributed by atoms with Crippen LogP contribution in [0.25, 0.3) is 0 Å². The number of halogens is 2. The highest BCUT2D eigenvalue weighted by Crippen LogP contribution is 2.12. The third kappa shape index (κ3) is 6.92. The Labute approximate surface area is 164 Å². The number of guanidine groups is 1. The Morgan fingerprint density at radius 3 is 2.71 bits per heavy atom. The van der Waals surface area contributed by atoms with Crippen LogP contribution in [0.4, 0.5) is 0 Å². The number of hydrogen-bond donors (Lipinski definition) is 2. The third-order valence-electron chi connectivity index (χ3n) is 3.31. The van der Waals surface area contributed by atoms with Crippen molar-refractivity contribution in [2.45, 2.75) is 13.0 Å². The molecule has 0 aliphatic carbocycles. The summed E-state index contributed by atoms with van der Waals surface area (Å²) in [6.07, 6.45) is 2.64. The molecule has 1 aromatic heterocycles. The van der Waals surface area contributed by atoms with Crippen molar-refractivity contribution >= 4 is 41.5 Å². The predicted molar refractivity (Wildman–Crippen MR) is 110 cm³/mol. The van der Waals surface area contributed by atoms with Crippen molar-refractivity contribution < 1.29 is 4.74 Å². The Morgan fingerprint density at radius 1 is 1.21 bits per heavy atom. The van der Waals surface area contributed by atoms with Gasteiger partial charge in [-0.1, -0.05) is 29.8 Å². The van der Waals surface area contributed by atoms with E-state index in [0.29, 0.717) is 11.7 Å². The molecule has 0 fully saturated rings. The van der Waals surface area contributed by atoms with Crippen molar-refractivity contribution in [3.05, 3.63) is 58.9 Å². The van der Waals surface area contributed by atoms with E-state index in [4.69, 9.17) is 16.3 Å². The molecule has 0 atom stereocenters. The highest BCUT2D eigenvalue weighted by atomic mass is 127. The van der Waals surface area contributed by atoms with Crippen molar-refractivity contribution in [3.8, 4) is 5.75 Å². The van der Waals surface area contributed by atoms with Crippen LogP contribution in [0.1, 0.15) is 11.1 Å². The quantitative estimate of drug-likeness (QED) is 0.301. The van der Waals surface area contributed by atoms with Gasteiger partial charge in [-0.25, -0.2) is 4.98 Å².